The maximum atomic E-state index is 11.6. The third-order valence-electron chi connectivity index (χ3n) is 3.41. The minimum atomic E-state index is -0.464. The molecule has 0 saturated heterocycles. The molecule has 130 valence electrons. The molecule has 0 aliphatic rings. The highest BCUT2D eigenvalue weighted by atomic mass is 16.6. The molecule has 0 aliphatic heterocycles. The number of hydrogen-bond donors (Lipinski definition) is 2. The van der Waals surface area contributed by atoms with E-state index >= 15 is 0 Å². The zero-order valence-corrected chi connectivity index (χ0v) is 15.1. The van der Waals surface area contributed by atoms with Crippen LogP contribution in [-0.4, -0.2) is 42.8 Å². The number of rotatable bonds is 8. The van der Waals surface area contributed by atoms with Crippen molar-refractivity contribution in [3.63, 3.8) is 0 Å². The van der Waals surface area contributed by atoms with Crippen LogP contribution in [-0.2, 0) is 11.3 Å². The maximum absolute atomic E-state index is 11.6. The van der Waals surface area contributed by atoms with Crippen LogP contribution in [0, 0.1) is 0 Å². The van der Waals surface area contributed by atoms with Crippen molar-refractivity contribution in [1.29, 1.82) is 0 Å². The molecule has 0 aromatic heterocycles. The highest BCUT2D eigenvalue weighted by molar-refractivity contribution is 5.67. The standard InChI is InChI=1S/C18H31N3O2/c1-6-21(7-2)14-15-10-8-9-11-16(15)19-12-13-20-17(22)23-18(3,4)5/h8-11,19H,6-7,12-14H2,1-5H3,(H,20,22). The second kappa shape index (κ2) is 9.40. The Morgan fingerprint density at radius 2 is 1.78 bits per heavy atom. The van der Waals surface area contributed by atoms with Crippen molar-refractivity contribution in [2.75, 3.05) is 31.5 Å². The van der Waals surface area contributed by atoms with Crippen molar-refractivity contribution in [1.82, 2.24) is 10.2 Å². The number of amides is 1. The first-order valence-corrected chi connectivity index (χ1v) is 8.36. The molecule has 1 aromatic rings. The lowest BCUT2D eigenvalue weighted by Gasteiger charge is -2.21. The molecule has 1 aromatic carbocycles. The normalized spacial score (nSPS) is 11.4. The minimum absolute atomic E-state index is 0.379. The molecule has 0 saturated carbocycles. The SMILES string of the molecule is CCN(CC)Cc1ccccc1NCCNC(=O)OC(C)(C)C. The predicted octanol–water partition coefficient (Wildman–Crippen LogP) is 3.47. The topological polar surface area (TPSA) is 53.6 Å². The van der Waals surface area contributed by atoms with E-state index in [1.54, 1.807) is 0 Å². The number of nitrogens with zero attached hydrogens (tertiary/aromatic N) is 1. The Morgan fingerprint density at radius 1 is 1.13 bits per heavy atom. The van der Waals surface area contributed by atoms with Gasteiger partial charge < -0.3 is 15.4 Å². The van der Waals surface area contributed by atoms with Crippen LogP contribution in [0.1, 0.15) is 40.2 Å². The van der Waals surface area contributed by atoms with Crippen molar-refractivity contribution < 1.29 is 9.53 Å². The molecule has 0 radical (unpaired) electrons. The van der Waals surface area contributed by atoms with E-state index in [0.717, 1.165) is 25.3 Å². The second-order valence-corrected chi connectivity index (χ2v) is 6.47. The van der Waals surface area contributed by atoms with Gasteiger partial charge >= 0.3 is 6.09 Å². The number of benzene rings is 1. The molecule has 1 rings (SSSR count). The van der Waals surface area contributed by atoms with Gasteiger partial charge in [0, 0.05) is 25.3 Å². The summed E-state index contributed by atoms with van der Waals surface area (Å²) in [6.07, 6.45) is -0.379. The number of anilines is 1. The fraction of sp³-hybridized carbons (Fsp3) is 0.611. The van der Waals surface area contributed by atoms with Gasteiger partial charge in [0.05, 0.1) is 0 Å². The van der Waals surface area contributed by atoms with Crippen LogP contribution < -0.4 is 10.6 Å². The zero-order chi connectivity index (χ0) is 17.3. The number of ether oxygens (including phenoxy) is 1. The van der Waals surface area contributed by atoms with Crippen molar-refractivity contribution in [3.8, 4) is 0 Å². The number of nitrogens with one attached hydrogen (secondary N) is 2. The van der Waals surface area contributed by atoms with Crippen LogP contribution in [0.25, 0.3) is 0 Å². The lowest BCUT2D eigenvalue weighted by Crippen LogP contribution is -2.35. The van der Waals surface area contributed by atoms with E-state index in [2.05, 4.69) is 47.6 Å². The van der Waals surface area contributed by atoms with Crippen LogP contribution in [0.4, 0.5) is 10.5 Å². The Morgan fingerprint density at radius 3 is 2.39 bits per heavy atom. The molecule has 0 spiro atoms. The quantitative estimate of drug-likeness (QED) is 0.720. The monoisotopic (exact) mass is 321 g/mol. The molecule has 23 heavy (non-hydrogen) atoms. The van der Waals surface area contributed by atoms with Gasteiger partial charge in [0.1, 0.15) is 5.60 Å². The number of para-hydroxylation sites is 1. The lowest BCUT2D eigenvalue weighted by molar-refractivity contribution is 0.0530. The number of hydrogen-bond acceptors (Lipinski definition) is 4. The summed E-state index contributed by atoms with van der Waals surface area (Å²) in [5.41, 5.74) is 1.92. The molecule has 0 heterocycles. The summed E-state index contributed by atoms with van der Waals surface area (Å²) in [6, 6.07) is 8.30. The Kier molecular flexibility index (Phi) is 7.89. The molecule has 0 atom stereocenters. The molecule has 5 nitrogen and oxygen atoms in total. The summed E-state index contributed by atoms with van der Waals surface area (Å²) in [5, 5.41) is 6.15. The summed E-state index contributed by atoms with van der Waals surface area (Å²) in [4.78, 5) is 14.0. The third kappa shape index (κ3) is 7.88. The van der Waals surface area contributed by atoms with E-state index in [9.17, 15) is 4.79 Å². The van der Waals surface area contributed by atoms with Crippen molar-refractivity contribution in [2.24, 2.45) is 0 Å². The lowest BCUT2D eigenvalue weighted by atomic mass is 10.1. The van der Waals surface area contributed by atoms with Crippen LogP contribution in [0.5, 0.6) is 0 Å². The molecule has 2 N–H and O–H groups in total. The van der Waals surface area contributed by atoms with Gasteiger partial charge in [0.25, 0.3) is 0 Å². The maximum Gasteiger partial charge on any atom is 0.407 e. The first kappa shape index (κ1) is 19.3. The van der Waals surface area contributed by atoms with E-state index < -0.39 is 5.60 Å². The summed E-state index contributed by atoms with van der Waals surface area (Å²) < 4.78 is 5.21. The smallest absolute Gasteiger partial charge is 0.407 e. The van der Waals surface area contributed by atoms with E-state index in [4.69, 9.17) is 4.74 Å². The average molecular weight is 321 g/mol. The predicted molar refractivity (Wildman–Crippen MR) is 95.8 cm³/mol. The molecule has 0 bridgehead atoms. The van der Waals surface area contributed by atoms with Gasteiger partial charge in [-0.05, 0) is 45.5 Å². The number of carbonyl (C=O) groups is 1. The van der Waals surface area contributed by atoms with E-state index in [0.29, 0.717) is 13.1 Å². The van der Waals surface area contributed by atoms with Gasteiger partial charge in [-0.15, -0.1) is 0 Å². The number of alkyl carbamates (subject to hydrolysis) is 1. The summed E-state index contributed by atoms with van der Waals surface area (Å²) in [5.74, 6) is 0. The minimum Gasteiger partial charge on any atom is -0.444 e. The largest absolute Gasteiger partial charge is 0.444 e. The molecular formula is C18H31N3O2. The highest BCUT2D eigenvalue weighted by Gasteiger charge is 2.15. The average Bonchev–Trinajstić information content (AvgIpc) is 2.48. The van der Waals surface area contributed by atoms with Crippen LogP contribution in [0.2, 0.25) is 0 Å². The molecule has 5 heteroatoms. The molecular weight excluding hydrogens is 290 g/mol. The highest BCUT2D eigenvalue weighted by Crippen LogP contribution is 2.16. The third-order valence-corrected chi connectivity index (χ3v) is 3.41. The zero-order valence-electron chi connectivity index (χ0n) is 15.1. The van der Waals surface area contributed by atoms with E-state index in [-0.39, 0.29) is 6.09 Å². The molecule has 0 fully saturated rings. The molecule has 0 unspecified atom stereocenters. The first-order valence-electron chi connectivity index (χ1n) is 8.36. The van der Waals surface area contributed by atoms with E-state index in [1.807, 2.05) is 26.8 Å². The van der Waals surface area contributed by atoms with Gasteiger partial charge in [0.15, 0.2) is 0 Å². The Hall–Kier alpha value is -1.75. The summed E-state index contributed by atoms with van der Waals surface area (Å²) in [6.45, 7) is 14.1. The fourth-order valence-electron chi connectivity index (χ4n) is 2.19. The van der Waals surface area contributed by atoms with E-state index in [1.165, 1.54) is 5.56 Å². The second-order valence-electron chi connectivity index (χ2n) is 6.47. The fourth-order valence-corrected chi connectivity index (χ4v) is 2.19. The van der Waals surface area contributed by atoms with Crippen LogP contribution >= 0.6 is 0 Å². The van der Waals surface area contributed by atoms with Crippen LogP contribution in [0.3, 0.4) is 0 Å². The Balaban J connectivity index is 2.44. The number of carbonyl (C=O) groups excluding carboxylic acids is 1. The molecule has 0 aliphatic carbocycles. The van der Waals surface area contributed by atoms with Crippen LogP contribution in [0.15, 0.2) is 24.3 Å². The summed E-state index contributed by atoms with van der Waals surface area (Å²) in [7, 11) is 0. The van der Waals surface area contributed by atoms with Gasteiger partial charge in [-0.25, -0.2) is 4.79 Å². The van der Waals surface area contributed by atoms with Crippen molar-refractivity contribution >= 4 is 11.8 Å². The van der Waals surface area contributed by atoms with Gasteiger partial charge in [-0.2, -0.15) is 0 Å². The van der Waals surface area contributed by atoms with Gasteiger partial charge in [0.2, 0.25) is 0 Å². The molecule has 1 amide bonds. The first-order chi connectivity index (χ1) is 10.9. The summed E-state index contributed by atoms with van der Waals surface area (Å²) >= 11 is 0. The Labute approximate surface area is 140 Å². The van der Waals surface area contributed by atoms with Gasteiger partial charge in [-0.3, -0.25) is 4.90 Å². The van der Waals surface area contributed by atoms with Crippen molar-refractivity contribution in [3.05, 3.63) is 29.8 Å². The van der Waals surface area contributed by atoms with Crippen molar-refractivity contribution in [2.45, 2.75) is 46.8 Å². The Bertz CT molecular complexity index is 479. The van der Waals surface area contributed by atoms with Gasteiger partial charge in [-0.1, -0.05) is 32.0 Å².